The number of aromatic nitrogens is 4. The van der Waals surface area contributed by atoms with Gasteiger partial charge in [-0.25, -0.2) is 19.2 Å². The molecule has 4 aromatic heterocycles. The highest BCUT2D eigenvalue weighted by atomic mass is 16.5. The van der Waals surface area contributed by atoms with Gasteiger partial charge in [-0.15, -0.1) is 0 Å². The molecule has 8 N–H and O–H groups in total. The van der Waals surface area contributed by atoms with Gasteiger partial charge in [-0.05, 0) is 119 Å². The zero-order valence-corrected chi connectivity index (χ0v) is 35.7. The highest BCUT2D eigenvalue weighted by Gasteiger charge is 2.19. The lowest BCUT2D eigenvalue weighted by atomic mass is 10.0. The van der Waals surface area contributed by atoms with Crippen LogP contribution in [0.4, 0.5) is 0 Å². The number of aromatic amines is 4. The van der Waals surface area contributed by atoms with Crippen molar-refractivity contribution in [2.45, 2.75) is 0 Å². The van der Waals surface area contributed by atoms with E-state index in [2.05, 4.69) is 19.9 Å². The van der Waals surface area contributed by atoms with E-state index in [0.29, 0.717) is 23.0 Å². The van der Waals surface area contributed by atoms with Crippen LogP contribution in [0.15, 0.2) is 146 Å². The van der Waals surface area contributed by atoms with Gasteiger partial charge in [0.25, 0.3) is 0 Å². The van der Waals surface area contributed by atoms with Crippen LogP contribution < -0.4 is 40.3 Å². The van der Waals surface area contributed by atoms with Crippen molar-refractivity contribution in [2.24, 2.45) is 0 Å². The maximum atomic E-state index is 11.3. The van der Waals surface area contributed by atoms with Crippen LogP contribution in [-0.2, 0) is 19.2 Å². The van der Waals surface area contributed by atoms with E-state index in [0.717, 1.165) is 88.7 Å². The maximum Gasteiger partial charge on any atom is 0.341 e. The van der Waals surface area contributed by atoms with Gasteiger partial charge in [0.15, 0.2) is 26.4 Å². The Kier molecular flexibility index (Phi) is 12.2. The summed E-state index contributed by atoms with van der Waals surface area (Å²) < 4.78 is 21.9. The van der Waals surface area contributed by atoms with Crippen molar-refractivity contribution in [3.8, 4) is 23.0 Å². The number of aliphatic carboxylic acids is 4. The number of carbonyl (C=O) groups is 4. The number of nitrogens with one attached hydrogen (secondary N) is 4. The van der Waals surface area contributed by atoms with E-state index in [4.69, 9.17) is 18.9 Å². The van der Waals surface area contributed by atoms with E-state index in [1.165, 1.54) is 0 Å². The fourth-order valence-electron chi connectivity index (χ4n) is 8.02. The zero-order valence-electron chi connectivity index (χ0n) is 35.7. The molecular weight excluding hydrogens is 873 g/mol. The lowest BCUT2D eigenvalue weighted by molar-refractivity contribution is -0.140. The van der Waals surface area contributed by atoms with Crippen LogP contribution in [0.5, 0.6) is 23.0 Å². The number of ether oxygens (including phenoxy) is 4. The number of carboxylic acids is 4. The van der Waals surface area contributed by atoms with Crippen LogP contribution >= 0.6 is 0 Å². The van der Waals surface area contributed by atoms with Crippen molar-refractivity contribution >= 4 is 46.2 Å². The summed E-state index contributed by atoms with van der Waals surface area (Å²) in [5.41, 5.74) is 9.14. The fourth-order valence-corrected chi connectivity index (χ4v) is 8.02. The first kappa shape index (κ1) is 43.8. The number of hydrogen-bond donors (Lipinski definition) is 8. The number of hydrogen-bond acceptors (Lipinski definition) is 8. The Balaban J connectivity index is 1.31. The highest BCUT2D eigenvalue weighted by molar-refractivity contribution is 5.85. The van der Waals surface area contributed by atoms with Gasteiger partial charge in [-0.2, -0.15) is 0 Å². The van der Waals surface area contributed by atoms with E-state index in [1.54, 1.807) is 48.5 Å². The summed E-state index contributed by atoms with van der Waals surface area (Å²) in [6, 6.07) is 44.2. The summed E-state index contributed by atoms with van der Waals surface area (Å²) in [6.07, 6.45) is 0. The Morgan fingerprint density at radius 2 is 0.500 bits per heavy atom. The molecule has 1 aliphatic rings. The molecule has 0 saturated carbocycles. The molecule has 1 aliphatic heterocycles. The molecule has 8 bridgehead atoms. The highest BCUT2D eigenvalue weighted by Crippen LogP contribution is 2.30. The molecule has 16 heteroatoms. The predicted octanol–water partition coefficient (Wildman–Crippen LogP) is 4.16. The molecule has 0 amide bonds. The first-order valence-electron chi connectivity index (χ1n) is 21.0. The van der Waals surface area contributed by atoms with Crippen molar-refractivity contribution < 1.29 is 58.6 Å². The molecule has 16 nitrogen and oxygen atoms in total. The smallest absolute Gasteiger partial charge is 0.341 e. The van der Waals surface area contributed by atoms with Gasteiger partial charge in [0, 0.05) is 66.5 Å². The average molecular weight is 913 g/mol. The Hall–Kier alpha value is -9.44. The number of carboxylic acid groups (broad SMARTS) is 4. The van der Waals surface area contributed by atoms with Crippen molar-refractivity contribution in [1.29, 1.82) is 0 Å². The fraction of sp³-hybridized carbons (Fsp3) is 0.0769. The standard InChI is InChI=1S/C52H40N4O12/c57-45(58)25-65-33-9-1-29(2-10-33)49-37-17-19-39(53-37)50(30-3-11-34(12-4-30)66-26-46(59)60)41-21-23-43(55-41)52(32-7-15-36(16-8-32)68-28-48(63)64)44-24-22-42(56-44)51(40-20-18-38(49)54-40)31-5-13-35(14-6-31)67-27-47(61)62/h1-24,53-56H,25-28H2,(H,57,58)(H,59,60)(H,61,62)(H,63,64). The van der Waals surface area contributed by atoms with Crippen molar-refractivity contribution in [3.63, 3.8) is 0 Å². The minimum Gasteiger partial charge on any atom is -0.482 e. The Morgan fingerprint density at radius 3 is 0.691 bits per heavy atom. The summed E-state index contributed by atoms with van der Waals surface area (Å²) >= 11 is 0. The minimum absolute atomic E-state index is 0.380. The second-order valence-electron chi connectivity index (χ2n) is 15.5. The average Bonchev–Trinajstić information content (AvgIpc) is 4.19. The van der Waals surface area contributed by atoms with Gasteiger partial charge >= 0.3 is 23.9 Å². The molecule has 8 aromatic rings. The third kappa shape index (κ3) is 9.64. The second kappa shape index (κ2) is 19.0. The van der Waals surface area contributed by atoms with Crippen molar-refractivity contribution in [1.82, 2.24) is 19.9 Å². The van der Waals surface area contributed by atoms with Crippen LogP contribution in [0.1, 0.15) is 45.0 Å². The molecule has 0 unspecified atom stereocenters. The molecule has 5 heterocycles. The van der Waals surface area contributed by atoms with Crippen LogP contribution in [0.3, 0.4) is 0 Å². The van der Waals surface area contributed by atoms with E-state index in [9.17, 15) is 39.6 Å². The molecule has 0 radical (unpaired) electrons. The van der Waals surface area contributed by atoms with Crippen LogP contribution in [0, 0.1) is 0 Å². The van der Waals surface area contributed by atoms with E-state index in [-0.39, 0.29) is 0 Å². The molecular formula is C52H40N4O12. The summed E-state index contributed by atoms with van der Waals surface area (Å²) in [4.78, 5) is 59.8. The lowest BCUT2D eigenvalue weighted by Gasteiger charge is -2.11. The molecule has 0 saturated heterocycles. The topological polar surface area (TPSA) is 249 Å². The quantitative estimate of drug-likeness (QED) is 0.0681. The Labute approximate surface area is 385 Å². The van der Waals surface area contributed by atoms with Gasteiger partial charge in [0.1, 0.15) is 23.0 Å². The number of rotatable bonds is 16. The van der Waals surface area contributed by atoms with Crippen molar-refractivity contribution in [3.05, 3.63) is 212 Å². The molecule has 0 fully saturated rings. The molecule has 4 aromatic carbocycles. The second-order valence-corrected chi connectivity index (χ2v) is 15.5. The van der Waals surface area contributed by atoms with Crippen LogP contribution in [-0.4, -0.2) is 90.7 Å². The first-order valence-corrected chi connectivity index (χ1v) is 21.0. The Morgan fingerprint density at radius 1 is 0.294 bits per heavy atom. The molecule has 0 spiro atoms. The molecule has 0 aliphatic carbocycles. The number of benzene rings is 4. The van der Waals surface area contributed by atoms with Gasteiger partial charge < -0.3 is 59.3 Å². The van der Waals surface area contributed by atoms with E-state index in [1.807, 2.05) is 97.1 Å². The van der Waals surface area contributed by atoms with E-state index < -0.39 is 50.3 Å². The summed E-state index contributed by atoms with van der Waals surface area (Å²) in [7, 11) is 0. The normalized spacial score (nSPS) is 12.1. The molecule has 9 rings (SSSR count). The summed E-state index contributed by atoms with van der Waals surface area (Å²) in [6.45, 7) is -1.99. The summed E-state index contributed by atoms with van der Waals surface area (Å²) in [5.74, 6) is -2.87. The predicted molar refractivity (Wildman–Crippen MR) is 246 cm³/mol. The number of fused-ring (bicyclic) bond motifs is 8. The van der Waals surface area contributed by atoms with Gasteiger partial charge in [-0.3, -0.25) is 0 Å². The zero-order chi connectivity index (χ0) is 47.3. The van der Waals surface area contributed by atoms with Gasteiger partial charge in [-0.1, -0.05) is 48.5 Å². The van der Waals surface area contributed by atoms with Crippen LogP contribution in [0.25, 0.3) is 22.3 Å². The number of H-pyrrole nitrogens is 4. The van der Waals surface area contributed by atoms with Crippen LogP contribution in [0.2, 0.25) is 0 Å². The van der Waals surface area contributed by atoms with E-state index >= 15 is 0 Å². The van der Waals surface area contributed by atoms with Crippen molar-refractivity contribution in [2.75, 3.05) is 26.4 Å². The SMILES string of the molecule is O=C(O)COc1ccc(C2=c3ccc([nH]3)=C(c3ccc(OCC(=O)O)cc3)c3ccc([nH]3)C(c3ccc(OCC(=O)O)cc3)=c3ccc([nH]3)=C(c3ccc(OCC(=O)O)cc3)c3ccc2[nH]3)cc1. The molecule has 340 valence electrons. The molecule has 0 atom stereocenters. The largest absolute Gasteiger partial charge is 0.482 e. The third-order valence-electron chi connectivity index (χ3n) is 10.9. The third-order valence-corrected chi connectivity index (χ3v) is 10.9. The monoisotopic (exact) mass is 912 g/mol. The maximum absolute atomic E-state index is 11.3. The Bertz CT molecular complexity index is 3000. The lowest BCUT2D eigenvalue weighted by Crippen LogP contribution is -2.19. The molecule has 68 heavy (non-hydrogen) atoms. The van der Waals surface area contributed by atoms with Gasteiger partial charge in [0.2, 0.25) is 0 Å². The summed E-state index contributed by atoms with van der Waals surface area (Å²) in [5, 5.41) is 39.8. The van der Waals surface area contributed by atoms with Gasteiger partial charge in [0.05, 0.1) is 0 Å². The minimum atomic E-state index is -1.10. The first-order chi connectivity index (χ1) is 32.9.